The molecule has 0 radical (unpaired) electrons. The molecule has 0 aromatic heterocycles. The number of rotatable bonds is 8. The van der Waals surface area contributed by atoms with E-state index in [2.05, 4.69) is 0 Å². The molecule has 1 heterocycles. The van der Waals surface area contributed by atoms with Gasteiger partial charge in [0.15, 0.2) is 23.4 Å². The van der Waals surface area contributed by atoms with Crippen molar-refractivity contribution in [1.82, 2.24) is 4.90 Å². The highest BCUT2D eigenvalue weighted by Gasteiger charge is 2.21. The van der Waals surface area contributed by atoms with Crippen molar-refractivity contribution in [3.8, 4) is 17.2 Å². The number of likely N-dealkylation sites (N-methyl/N-ethyl adjacent to an activating group) is 1. The summed E-state index contributed by atoms with van der Waals surface area (Å²) in [6.07, 6.45) is -0.0155. The zero-order valence-electron chi connectivity index (χ0n) is 15.2. The van der Waals surface area contributed by atoms with E-state index < -0.39 is 6.10 Å². The van der Waals surface area contributed by atoms with Gasteiger partial charge in [0.05, 0.1) is 11.6 Å². The van der Waals surface area contributed by atoms with Crippen molar-refractivity contribution in [1.29, 1.82) is 0 Å². The van der Waals surface area contributed by atoms with E-state index in [1.54, 1.807) is 18.2 Å². The van der Waals surface area contributed by atoms with Gasteiger partial charge >= 0.3 is 0 Å². The van der Waals surface area contributed by atoms with Crippen LogP contribution in [0.5, 0.6) is 17.2 Å². The van der Waals surface area contributed by atoms with E-state index in [0.717, 1.165) is 17.1 Å². The van der Waals surface area contributed by atoms with Crippen LogP contribution in [0.3, 0.4) is 0 Å². The first-order chi connectivity index (χ1) is 13.0. The van der Waals surface area contributed by atoms with Crippen LogP contribution >= 0.6 is 23.2 Å². The number of carbonyl (C=O) groups excluding carboxylic acids is 1. The van der Waals surface area contributed by atoms with Gasteiger partial charge in [-0.1, -0.05) is 36.2 Å². The van der Waals surface area contributed by atoms with E-state index in [4.69, 9.17) is 37.4 Å². The van der Waals surface area contributed by atoms with Gasteiger partial charge in [-0.2, -0.15) is 0 Å². The summed E-state index contributed by atoms with van der Waals surface area (Å²) < 4.78 is 16.5. The SMILES string of the molecule is CCC(Oc1ccc(Cl)cc1Cl)C(=O)CN(C)Cc1ccc2c(c1)OCO2. The second-order valence-corrected chi connectivity index (χ2v) is 7.26. The molecule has 144 valence electrons. The summed E-state index contributed by atoms with van der Waals surface area (Å²) in [6, 6.07) is 10.7. The van der Waals surface area contributed by atoms with E-state index in [1.165, 1.54) is 0 Å². The molecule has 5 nitrogen and oxygen atoms in total. The number of benzene rings is 2. The third-order valence-electron chi connectivity index (χ3n) is 4.21. The molecule has 7 heteroatoms. The molecule has 1 aliphatic rings. The van der Waals surface area contributed by atoms with E-state index in [1.807, 2.05) is 37.1 Å². The van der Waals surface area contributed by atoms with Crippen LogP contribution in [0.2, 0.25) is 10.0 Å². The molecule has 0 spiro atoms. The average Bonchev–Trinajstić information content (AvgIpc) is 3.08. The quantitative estimate of drug-likeness (QED) is 0.638. The van der Waals surface area contributed by atoms with Crippen LogP contribution in [0, 0.1) is 0 Å². The fourth-order valence-corrected chi connectivity index (χ4v) is 3.33. The molecule has 0 saturated heterocycles. The molecular weight excluding hydrogens is 389 g/mol. The Kier molecular flexibility index (Phi) is 6.47. The highest BCUT2D eigenvalue weighted by Crippen LogP contribution is 2.33. The Bertz CT molecular complexity index is 828. The molecule has 2 aromatic rings. The number of hydrogen-bond donors (Lipinski definition) is 0. The van der Waals surface area contributed by atoms with E-state index in [0.29, 0.717) is 28.8 Å². The van der Waals surface area contributed by atoms with Crippen molar-refractivity contribution in [3.63, 3.8) is 0 Å². The van der Waals surface area contributed by atoms with Gasteiger partial charge in [0.2, 0.25) is 6.79 Å². The van der Waals surface area contributed by atoms with Gasteiger partial charge in [0.1, 0.15) is 5.75 Å². The Morgan fingerprint density at radius 1 is 1.19 bits per heavy atom. The average molecular weight is 410 g/mol. The zero-order chi connectivity index (χ0) is 19.4. The molecular formula is C20H21Cl2NO4. The normalized spacial score (nSPS) is 13.7. The van der Waals surface area contributed by atoms with Gasteiger partial charge in [0.25, 0.3) is 0 Å². The van der Waals surface area contributed by atoms with Crippen LogP contribution in [0.25, 0.3) is 0 Å². The third kappa shape index (κ3) is 5.06. The van der Waals surface area contributed by atoms with Crippen LogP contribution in [0.4, 0.5) is 0 Å². The summed E-state index contributed by atoms with van der Waals surface area (Å²) in [5.41, 5.74) is 1.05. The molecule has 0 N–H and O–H groups in total. The Labute approximate surface area is 168 Å². The lowest BCUT2D eigenvalue weighted by atomic mass is 10.1. The van der Waals surface area contributed by atoms with Crippen LogP contribution < -0.4 is 14.2 Å². The minimum Gasteiger partial charge on any atom is -0.481 e. The van der Waals surface area contributed by atoms with Crippen molar-refractivity contribution in [3.05, 3.63) is 52.0 Å². The molecule has 0 aliphatic carbocycles. The number of ether oxygens (including phenoxy) is 3. The molecule has 1 aliphatic heterocycles. The van der Waals surface area contributed by atoms with Gasteiger partial charge in [-0.3, -0.25) is 9.69 Å². The van der Waals surface area contributed by atoms with Crippen LogP contribution in [0.1, 0.15) is 18.9 Å². The van der Waals surface area contributed by atoms with Crippen molar-refractivity contribution < 1.29 is 19.0 Å². The maximum atomic E-state index is 12.7. The summed E-state index contributed by atoms with van der Waals surface area (Å²) in [4.78, 5) is 14.6. The maximum absolute atomic E-state index is 12.7. The van der Waals surface area contributed by atoms with Crippen LogP contribution in [-0.2, 0) is 11.3 Å². The number of halogens is 2. The Hall–Kier alpha value is -1.95. The summed E-state index contributed by atoms with van der Waals surface area (Å²) in [7, 11) is 1.89. The van der Waals surface area contributed by atoms with E-state index in [-0.39, 0.29) is 19.1 Å². The standard InChI is InChI=1S/C20H21Cl2NO4/c1-3-17(27-18-7-5-14(21)9-15(18)22)16(24)11-23(2)10-13-4-6-19-20(8-13)26-12-25-19/h4-9,17H,3,10-12H2,1-2H3. The Morgan fingerprint density at radius 2 is 1.96 bits per heavy atom. The van der Waals surface area contributed by atoms with Crippen LogP contribution in [-0.4, -0.2) is 37.2 Å². The molecule has 3 rings (SSSR count). The van der Waals surface area contributed by atoms with Gasteiger partial charge in [0, 0.05) is 11.6 Å². The van der Waals surface area contributed by atoms with Crippen molar-refractivity contribution in [2.24, 2.45) is 0 Å². The fraction of sp³-hybridized carbons (Fsp3) is 0.350. The summed E-state index contributed by atoms with van der Waals surface area (Å²) >= 11 is 12.0. The molecule has 2 aromatic carbocycles. The lowest BCUT2D eigenvalue weighted by Crippen LogP contribution is -2.36. The predicted molar refractivity (Wildman–Crippen MR) is 105 cm³/mol. The highest BCUT2D eigenvalue weighted by atomic mass is 35.5. The Balaban J connectivity index is 1.58. The second kappa shape index (κ2) is 8.83. The summed E-state index contributed by atoms with van der Waals surface area (Å²) in [5, 5.41) is 0.914. The van der Waals surface area contributed by atoms with Gasteiger partial charge in [-0.25, -0.2) is 0 Å². The summed E-state index contributed by atoms with van der Waals surface area (Å²) in [5.74, 6) is 1.93. The number of nitrogens with zero attached hydrogens (tertiary/aromatic N) is 1. The number of carbonyl (C=O) groups is 1. The van der Waals surface area contributed by atoms with E-state index >= 15 is 0 Å². The van der Waals surface area contributed by atoms with Crippen LogP contribution in [0.15, 0.2) is 36.4 Å². The predicted octanol–water partition coefficient (Wildman–Crippen LogP) is 4.58. The largest absolute Gasteiger partial charge is 0.481 e. The number of hydrogen-bond acceptors (Lipinski definition) is 5. The lowest BCUT2D eigenvalue weighted by Gasteiger charge is -2.21. The third-order valence-corrected chi connectivity index (χ3v) is 4.74. The smallest absolute Gasteiger partial charge is 0.231 e. The highest BCUT2D eigenvalue weighted by molar-refractivity contribution is 6.35. The summed E-state index contributed by atoms with van der Waals surface area (Å²) in [6.45, 7) is 3.03. The monoisotopic (exact) mass is 409 g/mol. The van der Waals surface area contributed by atoms with Gasteiger partial charge in [-0.15, -0.1) is 0 Å². The topological polar surface area (TPSA) is 48.0 Å². The number of ketones is 1. The van der Waals surface area contributed by atoms with Crippen molar-refractivity contribution in [2.45, 2.75) is 26.0 Å². The van der Waals surface area contributed by atoms with Gasteiger partial charge in [-0.05, 0) is 49.4 Å². The lowest BCUT2D eigenvalue weighted by molar-refractivity contribution is -0.126. The zero-order valence-corrected chi connectivity index (χ0v) is 16.7. The van der Waals surface area contributed by atoms with E-state index in [9.17, 15) is 4.79 Å². The number of fused-ring (bicyclic) bond motifs is 1. The first kappa shape index (κ1) is 19.8. The minimum atomic E-state index is -0.567. The van der Waals surface area contributed by atoms with Crippen molar-refractivity contribution >= 4 is 29.0 Å². The molecule has 0 saturated carbocycles. The number of Topliss-reactive ketones (excluding diaryl/α,β-unsaturated/α-hetero) is 1. The Morgan fingerprint density at radius 3 is 2.70 bits per heavy atom. The molecule has 0 amide bonds. The molecule has 27 heavy (non-hydrogen) atoms. The first-order valence-corrected chi connectivity index (χ1v) is 9.43. The molecule has 1 unspecified atom stereocenters. The minimum absolute atomic E-state index is 0.00763. The molecule has 1 atom stereocenters. The molecule has 0 bridgehead atoms. The maximum Gasteiger partial charge on any atom is 0.231 e. The molecule has 0 fully saturated rings. The fourth-order valence-electron chi connectivity index (χ4n) is 2.88. The second-order valence-electron chi connectivity index (χ2n) is 6.42. The van der Waals surface area contributed by atoms with Crippen molar-refractivity contribution in [2.75, 3.05) is 20.4 Å². The van der Waals surface area contributed by atoms with Gasteiger partial charge < -0.3 is 14.2 Å². The first-order valence-electron chi connectivity index (χ1n) is 8.67.